The molecule has 0 aliphatic heterocycles. The van der Waals surface area contributed by atoms with E-state index in [2.05, 4.69) is 5.32 Å². The maximum atomic E-state index is 13.6. The topological polar surface area (TPSA) is 194 Å². The normalized spacial score (nSPS) is 26.2. The third-order valence-corrected chi connectivity index (χ3v) is 7.52. The van der Waals surface area contributed by atoms with E-state index in [1.807, 2.05) is 0 Å². The van der Waals surface area contributed by atoms with Crippen LogP contribution in [0.3, 0.4) is 0 Å². The summed E-state index contributed by atoms with van der Waals surface area (Å²) in [5, 5.41) is 57.3. The lowest BCUT2D eigenvalue weighted by Crippen LogP contribution is -2.58. The van der Waals surface area contributed by atoms with E-state index in [0.717, 1.165) is 0 Å². The standard InChI is InChI=1S/C25H31N3O8/c1-4-12(29)9-27-14-8-15(28(2)3)13-6-10-5-11-7-16(30)19(24(26)35)23(34)25(11,36)22(33)17(10)21(32)18(13)20(14)31/h8,10-12,27,29,31-32,34,36H,4-7,9H2,1-3H3,(H2,26,35). The van der Waals surface area contributed by atoms with Crippen LogP contribution in [0.25, 0.3) is 5.76 Å². The van der Waals surface area contributed by atoms with Gasteiger partial charge < -0.3 is 41.5 Å². The number of hydrogen-bond acceptors (Lipinski definition) is 10. The van der Waals surface area contributed by atoms with Crippen molar-refractivity contribution in [3.63, 3.8) is 0 Å². The number of anilines is 2. The molecule has 36 heavy (non-hydrogen) atoms. The first-order valence-electron chi connectivity index (χ1n) is 11.8. The molecule has 0 heterocycles. The van der Waals surface area contributed by atoms with Crippen molar-refractivity contribution >= 4 is 34.6 Å². The smallest absolute Gasteiger partial charge is 0.255 e. The van der Waals surface area contributed by atoms with Gasteiger partial charge in [0.2, 0.25) is 5.78 Å². The van der Waals surface area contributed by atoms with E-state index in [1.165, 1.54) is 0 Å². The van der Waals surface area contributed by atoms with Crippen molar-refractivity contribution in [3.05, 3.63) is 34.1 Å². The van der Waals surface area contributed by atoms with E-state index >= 15 is 0 Å². The molecule has 3 aliphatic rings. The van der Waals surface area contributed by atoms with Crippen LogP contribution >= 0.6 is 0 Å². The third-order valence-electron chi connectivity index (χ3n) is 7.52. The summed E-state index contributed by atoms with van der Waals surface area (Å²) in [6.07, 6.45) is -0.269. The predicted octanol–water partition coefficient (Wildman–Crippen LogP) is 0.673. The summed E-state index contributed by atoms with van der Waals surface area (Å²) in [7, 11) is 3.57. The first-order valence-corrected chi connectivity index (χ1v) is 11.8. The molecule has 1 aromatic carbocycles. The molecular formula is C25H31N3O8. The van der Waals surface area contributed by atoms with Crippen molar-refractivity contribution in [1.29, 1.82) is 0 Å². The Hall–Kier alpha value is -3.57. The maximum absolute atomic E-state index is 13.6. The second kappa shape index (κ2) is 8.82. The zero-order chi connectivity index (χ0) is 26.7. The average molecular weight is 502 g/mol. The molecule has 0 bridgehead atoms. The minimum absolute atomic E-state index is 0.00168. The van der Waals surface area contributed by atoms with Crippen LogP contribution in [0, 0.1) is 11.8 Å². The number of primary amides is 1. The molecule has 11 nitrogen and oxygen atoms in total. The number of carbonyl (C=O) groups is 3. The largest absolute Gasteiger partial charge is 0.508 e. The number of aliphatic hydroxyl groups excluding tert-OH is 3. The van der Waals surface area contributed by atoms with Gasteiger partial charge in [0.25, 0.3) is 5.91 Å². The van der Waals surface area contributed by atoms with Gasteiger partial charge in [0.1, 0.15) is 22.8 Å². The van der Waals surface area contributed by atoms with Gasteiger partial charge in [0.05, 0.1) is 17.4 Å². The maximum Gasteiger partial charge on any atom is 0.255 e. The number of fused-ring (bicyclic) bond motifs is 3. The van der Waals surface area contributed by atoms with Crippen molar-refractivity contribution in [2.24, 2.45) is 17.6 Å². The van der Waals surface area contributed by atoms with Crippen LogP contribution in [-0.4, -0.2) is 75.4 Å². The van der Waals surface area contributed by atoms with E-state index in [4.69, 9.17) is 5.73 Å². The molecule has 4 unspecified atom stereocenters. The Morgan fingerprint density at radius 3 is 2.50 bits per heavy atom. The molecule has 1 aromatic rings. The average Bonchev–Trinajstić information content (AvgIpc) is 2.80. The molecule has 0 spiro atoms. The molecule has 0 radical (unpaired) electrons. The summed E-state index contributed by atoms with van der Waals surface area (Å²) < 4.78 is 0. The number of phenols is 1. The predicted molar refractivity (Wildman–Crippen MR) is 131 cm³/mol. The number of aromatic hydroxyl groups is 1. The Morgan fingerprint density at radius 2 is 1.92 bits per heavy atom. The minimum atomic E-state index is -2.60. The monoisotopic (exact) mass is 501 g/mol. The number of benzene rings is 1. The summed E-state index contributed by atoms with van der Waals surface area (Å²) in [4.78, 5) is 39.6. The van der Waals surface area contributed by atoms with Gasteiger partial charge in [0, 0.05) is 44.2 Å². The fourth-order valence-corrected chi connectivity index (χ4v) is 5.58. The highest BCUT2D eigenvalue weighted by Crippen LogP contribution is 2.54. The number of nitrogens with two attached hydrogens (primary N) is 1. The highest BCUT2D eigenvalue weighted by Gasteiger charge is 2.60. The van der Waals surface area contributed by atoms with Crippen LogP contribution in [-0.2, 0) is 20.8 Å². The number of amides is 1. The molecule has 1 saturated carbocycles. The van der Waals surface area contributed by atoms with Crippen molar-refractivity contribution in [2.75, 3.05) is 30.9 Å². The van der Waals surface area contributed by atoms with E-state index in [-0.39, 0.29) is 48.4 Å². The summed E-state index contributed by atoms with van der Waals surface area (Å²) in [5.74, 6) is -6.67. The summed E-state index contributed by atoms with van der Waals surface area (Å²) in [6.45, 7) is 1.94. The van der Waals surface area contributed by atoms with Gasteiger partial charge in [-0.3, -0.25) is 14.4 Å². The van der Waals surface area contributed by atoms with E-state index in [9.17, 15) is 39.9 Å². The number of hydrogen-bond donors (Lipinski definition) is 7. The zero-order valence-electron chi connectivity index (χ0n) is 20.3. The van der Waals surface area contributed by atoms with Crippen molar-refractivity contribution in [3.8, 4) is 5.75 Å². The van der Waals surface area contributed by atoms with Crippen LogP contribution in [0.5, 0.6) is 5.75 Å². The molecule has 1 fully saturated rings. The molecule has 194 valence electrons. The molecule has 1 amide bonds. The summed E-state index contributed by atoms with van der Waals surface area (Å²) in [6, 6.07) is 1.69. The molecule has 0 saturated heterocycles. The molecular weight excluding hydrogens is 470 g/mol. The first-order chi connectivity index (χ1) is 16.8. The van der Waals surface area contributed by atoms with Crippen LogP contribution in [0.1, 0.15) is 37.3 Å². The fourth-order valence-electron chi connectivity index (χ4n) is 5.58. The highest BCUT2D eigenvalue weighted by molar-refractivity contribution is 6.22. The van der Waals surface area contributed by atoms with Crippen LogP contribution < -0.4 is 16.0 Å². The Bertz CT molecular complexity index is 1230. The fraction of sp³-hybridized carbons (Fsp3) is 0.480. The van der Waals surface area contributed by atoms with Crippen molar-refractivity contribution in [2.45, 2.75) is 44.3 Å². The summed E-state index contributed by atoms with van der Waals surface area (Å²) in [5.41, 5.74) is 3.06. The van der Waals surface area contributed by atoms with Crippen molar-refractivity contribution < 1.29 is 39.9 Å². The SMILES string of the molecule is CCC(O)CNc1cc(N(C)C)c2c(c1O)C(O)=C1C(=O)C3(O)C(O)=C(C(N)=O)C(=O)CC3CC1C2. The van der Waals surface area contributed by atoms with Gasteiger partial charge in [-0.25, -0.2) is 0 Å². The molecule has 4 rings (SSSR count). The number of nitrogens with one attached hydrogen (secondary N) is 1. The second-order valence-corrected chi connectivity index (χ2v) is 9.89. The van der Waals surface area contributed by atoms with Gasteiger partial charge in [-0.2, -0.15) is 0 Å². The first kappa shape index (κ1) is 25.5. The Balaban J connectivity index is 1.90. The van der Waals surface area contributed by atoms with Crippen LogP contribution in [0.4, 0.5) is 11.4 Å². The summed E-state index contributed by atoms with van der Waals surface area (Å²) >= 11 is 0. The Morgan fingerprint density at radius 1 is 1.25 bits per heavy atom. The van der Waals surface area contributed by atoms with Crippen LogP contribution in [0.15, 0.2) is 23.0 Å². The quantitative estimate of drug-likeness (QED) is 0.215. The van der Waals surface area contributed by atoms with E-state index in [0.29, 0.717) is 17.7 Å². The Kier molecular flexibility index (Phi) is 6.26. The van der Waals surface area contributed by atoms with Crippen LogP contribution in [0.2, 0.25) is 0 Å². The number of aliphatic hydroxyl groups is 4. The van der Waals surface area contributed by atoms with E-state index < -0.39 is 58.1 Å². The third kappa shape index (κ3) is 3.61. The number of nitrogens with zero attached hydrogens (tertiary/aromatic N) is 1. The number of ketones is 2. The van der Waals surface area contributed by atoms with Crippen molar-refractivity contribution in [1.82, 2.24) is 0 Å². The molecule has 11 heteroatoms. The van der Waals surface area contributed by atoms with Gasteiger partial charge in [-0.05, 0) is 36.8 Å². The molecule has 8 N–H and O–H groups in total. The van der Waals surface area contributed by atoms with Gasteiger partial charge >= 0.3 is 0 Å². The highest BCUT2D eigenvalue weighted by atomic mass is 16.3. The lowest BCUT2D eigenvalue weighted by atomic mass is 9.59. The van der Waals surface area contributed by atoms with E-state index in [1.54, 1.807) is 32.0 Å². The molecule has 4 atom stereocenters. The van der Waals surface area contributed by atoms with Gasteiger partial charge in [-0.1, -0.05) is 6.92 Å². The van der Waals surface area contributed by atoms with Gasteiger partial charge in [0.15, 0.2) is 11.4 Å². The minimum Gasteiger partial charge on any atom is -0.508 e. The number of phenolic OH excluding ortho intramolecular Hbond substituents is 1. The number of rotatable bonds is 6. The number of carbonyl (C=O) groups excluding carboxylic acids is 3. The molecule has 3 aliphatic carbocycles. The second-order valence-electron chi connectivity index (χ2n) is 9.89. The number of Topliss-reactive ketones (excluding diaryl/α,β-unsaturated/α-hetero) is 2. The lowest BCUT2D eigenvalue weighted by Gasteiger charge is -2.46. The zero-order valence-corrected chi connectivity index (χ0v) is 20.3. The lowest BCUT2D eigenvalue weighted by molar-refractivity contribution is -0.147. The Labute approximate surface area is 207 Å². The molecule has 0 aromatic heterocycles. The van der Waals surface area contributed by atoms with Gasteiger partial charge in [-0.15, -0.1) is 0 Å².